The number of nitrogens with zero attached hydrogens (tertiary/aromatic N) is 2. The predicted molar refractivity (Wildman–Crippen MR) is 133 cm³/mol. The molecule has 1 saturated carbocycles. The first-order valence-corrected chi connectivity index (χ1v) is 12.6. The van der Waals surface area contributed by atoms with Crippen molar-refractivity contribution < 1.29 is 37.0 Å². The van der Waals surface area contributed by atoms with Crippen LogP contribution in [0.5, 0.6) is 10.8 Å². The number of carbonyl (C=O) groups is 2. The molecule has 2 aliphatic rings. The average molecular weight is 549 g/mol. The Kier molecular flexibility index (Phi) is 7.23. The van der Waals surface area contributed by atoms with Crippen LogP contribution in [0.2, 0.25) is 0 Å². The number of morpholine rings is 1. The molecule has 0 radical (unpaired) electrons. The summed E-state index contributed by atoms with van der Waals surface area (Å²) >= 11 is 1.16. The molecule has 2 amide bonds. The van der Waals surface area contributed by atoms with Crippen molar-refractivity contribution in [3.05, 3.63) is 54.7 Å². The second-order valence-corrected chi connectivity index (χ2v) is 9.70. The Labute approximate surface area is 219 Å². The second kappa shape index (κ2) is 10.6. The average Bonchev–Trinajstić information content (AvgIpc) is 3.59. The highest BCUT2D eigenvalue weighted by atomic mass is 32.1. The lowest BCUT2D eigenvalue weighted by Gasteiger charge is -2.34. The highest BCUT2D eigenvalue weighted by molar-refractivity contribution is 7.16. The fourth-order valence-corrected chi connectivity index (χ4v) is 4.98. The monoisotopic (exact) mass is 548 g/mol. The number of nitrogens with one attached hydrogen (secondary N) is 2. The van der Waals surface area contributed by atoms with Gasteiger partial charge in [0, 0.05) is 24.3 Å². The molecule has 1 aliphatic heterocycles. The highest BCUT2D eigenvalue weighted by Crippen LogP contribution is 2.44. The molecule has 38 heavy (non-hydrogen) atoms. The zero-order valence-corrected chi connectivity index (χ0v) is 20.7. The number of alkyl halides is 3. The molecule has 0 bridgehead atoms. The van der Waals surface area contributed by atoms with Crippen LogP contribution < -0.4 is 20.1 Å². The number of aromatic nitrogens is 1. The SMILES string of the molecule is O=C(Nc1ccc(OC(F)(F)F)c(NC(=O)C2(N3CCOCC3)CC2)c1)Oc1cnc(-c2ccccc2)s1. The number of halogens is 3. The van der Waals surface area contributed by atoms with Gasteiger partial charge in [0.15, 0.2) is 5.75 Å². The van der Waals surface area contributed by atoms with Crippen LogP contribution in [0.4, 0.5) is 29.3 Å². The zero-order valence-electron chi connectivity index (χ0n) is 19.9. The fourth-order valence-electron chi connectivity index (χ4n) is 4.21. The van der Waals surface area contributed by atoms with Gasteiger partial charge in [0.25, 0.3) is 0 Å². The Morgan fingerprint density at radius 3 is 2.47 bits per heavy atom. The standard InChI is InChI=1S/C25H23F3N4O5S/c26-25(27,28)37-19-7-6-17(14-18(19)31-22(33)24(8-9-24)32-10-12-35-13-11-32)30-23(34)36-20-15-29-21(38-20)16-4-2-1-3-5-16/h1-7,14-15H,8-13H2,(H,30,34)(H,31,33). The van der Waals surface area contributed by atoms with E-state index in [4.69, 9.17) is 9.47 Å². The molecule has 1 saturated heterocycles. The first-order valence-electron chi connectivity index (χ1n) is 11.8. The number of anilines is 2. The molecule has 13 heteroatoms. The molecule has 2 aromatic carbocycles. The molecule has 5 rings (SSSR count). The van der Waals surface area contributed by atoms with E-state index in [9.17, 15) is 22.8 Å². The van der Waals surface area contributed by atoms with Crippen molar-refractivity contribution in [1.29, 1.82) is 0 Å². The van der Waals surface area contributed by atoms with Crippen LogP contribution >= 0.6 is 11.3 Å². The Morgan fingerprint density at radius 1 is 1.05 bits per heavy atom. The molecule has 2 heterocycles. The molecule has 0 spiro atoms. The summed E-state index contributed by atoms with van der Waals surface area (Å²) in [7, 11) is 0. The maximum atomic E-state index is 13.2. The third-order valence-electron chi connectivity index (χ3n) is 6.16. The molecule has 3 aromatic rings. The number of ether oxygens (including phenoxy) is 3. The first-order chi connectivity index (χ1) is 18.2. The zero-order chi connectivity index (χ0) is 26.8. The van der Waals surface area contributed by atoms with Gasteiger partial charge in [-0.05, 0) is 31.0 Å². The fraction of sp³-hybridized carbons (Fsp3) is 0.320. The number of thiazole rings is 1. The number of rotatable bonds is 7. The molecule has 2 fully saturated rings. The van der Waals surface area contributed by atoms with E-state index < -0.39 is 29.7 Å². The van der Waals surface area contributed by atoms with Gasteiger partial charge in [-0.2, -0.15) is 0 Å². The van der Waals surface area contributed by atoms with Gasteiger partial charge in [0.1, 0.15) is 10.5 Å². The summed E-state index contributed by atoms with van der Waals surface area (Å²) in [5.41, 5.74) is -0.0684. The molecule has 9 nitrogen and oxygen atoms in total. The molecular weight excluding hydrogens is 525 g/mol. The van der Waals surface area contributed by atoms with Crippen LogP contribution in [0, 0.1) is 0 Å². The maximum Gasteiger partial charge on any atom is 0.573 e. The van der Waals surface area contributed by atoms with Gasteiger partial charge in [-0.1, -0.05) is 41.7 Å². The lowest BCUT2D eigenvalue weighted by Crippen LogP contribution is -2.51. The van der Waals surface area contributed by atoms with Gasteiger partial charge in [-0.25, -0.2) is 9.78 Å². The van der Waals surface area contributed by atoms with Gasteiger partial charge in [-0.3, -0.25) is 15.0 Å². The van der Waals surface area contributed by atoms with E-state index in [1.807, 2.05) is 35.2 Å². The summed E-state index contributed by atoms with van der Waals surface area (Å²) in [5.74, 6) is -1.04. The minimum Gasteiger partial charge on any atom is -0.404 e. The number of benzene rings is 2. The number of carbonyl (C=O) groups excluding carboxylic acids is 2. The smallest absolute Gasteiger partial charge is 0.404 e. The number of amides is 2. The first kappa shape index (κ1) is 25.9. The second-order valence-electron chi connectivity index (χ2n) is 8.71. The summed E-state index contributed by atoms with van der Waals surface area (Å²) in [6.07, 6.45) is -3.28. The minimum atomic E-state index is -4.97. The van der Waals surface area contributed by atoms with Crippen LogP contribution in [0.1, 0.15) is 12.8 Å². The van der Waals surface area contributed by atoms with E-state index in [1.165, 1.54) is 18.3 Å². The Bertz CT molecular complexity index is 1310. The third kappa shape index (κ3) is 6.06. The summed E-state index contributed by atoms with van der Waals surface area (Å²) in [5, 5.41) is 5.92. The van der Waals surface area contributed by atoms with Crippen LogP contribution in [-0.4, -0.2) is 60.1 Å². The van der Waals surface area contributed by atoms with Crippen molar-refractivity contribution in [2.45, 2.75) is 24.7 Å². The topological polar surface area (TPSA) is 102 Å². The predicted octanol–water partition coefficient (Wildman–Crippen LogP) is 5.12. The van der Waals surface area contributed by atoms with Gasteiger partial charge < -0.3 is 19.5 Å². The summed E-state index contributed by atoms with van der Waals surface area (Å²) in [6, 6.07) is 12.8. The Hall–Kier alpha value is -3.68. The van der Waals surface area contributed by atoms with Crippen LogP contribution in [0.25, 0.3) is 10.6 Å². The normalized spacial score (nSPS) is 16.9. The largest absolute Gasteiger partial charge is 0.573 e. The van der Waals surface area contributed by atoms with E-state index >= 15 is 0 Å². The molecule has 1 aliphatic carbocycles. The van der Waals surface area contributed by atoms with Crippen molar-refractivity contribution in [2.24, 2.45) is 0 Å². The van der Waals surface area contributed by atoms with Gasteiger partial charge in [-0.15, -0.1) is 13.2 Å². The molecule has 2 N–H and O–H groups in total. The number of hydrogen-bond acceptors (Lipinski definition) is 8. The van der Waals surface area contributed by atoms with Crippen molar-refractivity contribution in [2.75, 3.05) is 36.9 Å². The van der Waals surface area contributed by atoms with E-state index in [0.29, 0.717) is 44.2 Å². The van der Waals surface area contributed by atoms with Crippen LogP contribution in [0.3, 0.4) is 0 Å². The molecule has 0 unspecified atom stereocenters. The number of hydrogen-bond donors (Lipinski definition) is 2. The van der Waals surface area contributed by atoms with E-state index in [2.05, 4.69) is 20.4 Å². The highest BCUT2D eigenvalue weighted by Gasteiger charge is 2.54. The van der Waals surface area contributed by atoms with Crippen molar-refractivity contribution in [1.82, 2.24) is 9.88 Å². The van der Waals surface area contributed by atoms with E-state index in [0.717, 1.165) is 23.0 Å². The van der Waals surface area contributed by atoms with Gasteiger partial charge in [0.2, 0.25) is 11.0 Å². The molecule has 1 aromatic heterocycles. The van der Waals surface area contributed by atoms with Gasteiger partial charge >= 0.3 is 12.5 Å². The molecular formula is C25H23F3N4O5S. The van der Waals surface area contributed by atoms with E-state index in [-0.39, 0.29) is 16.4 Å². The van der Waals surface area contributed by atoms with Crippen molar-refractivity contribution in [3.8, 4) is 21.4 Å². The maximum absolute atomic E-state index is 13.2. The van der Waals surface area contributed by atoms with Crippen molar-refractivity contribution >= 4 is 34.7 Å². The molecule has 0 atom stereocenters. The third-order valence-corrected chi connectivity index (χ3v) is 7.09. The summed E-state index contributed by atoms with van der Waals surface area (Å²) in [6.45, 7) is 2.06. The summed E-state index contributed by atoms with van der Waals surface area (Å²) < 4.78 is 53.8. The summed E-state index contributed by atoms with van der Waals surface area (Å²) in [4.78, 5) is 31.9. The minimum absolute atomic E-state index is 0.101. The van der Waals surface area contributed by atoms with E-state index in [1.54, 1.807) is 0 Å². The van der Waals surface area contributed by atoms with Gasteiger partial charge in [0.05, 0.1) is 25.1 Å². The Balaban J connectivity index is 1.29. The molecule has 200 valence electrons. The lowest BCUT2D eigenvalue weighted by atomic mass is 10.1. The quantitative estimate of drug-likeness (QED) is 0.423. The lowest BCUT2D eigenvalue weighted by molar-refractivity contribution is -0.274. The van der Waals surface area contributed by atoms with Crippen LogP contribution in [-0.2, 0) is 9.53 Å². The van der Waals surface area contributed by atoms with Crippen molar-refractivity contribution in [3.63, 3.8) is 0 Å². The van der Waals surface area contributed by atoms with Crippen LogP contribution in [0.15, 0.2) is 54.7 Å². The Morgan fingerprint density at radius 2 is 1.79 bits per heavy atom.